The molecule has 2 amide bonds. The summed E-state index contributed by atoms with van der Waals surface area (Å²) in [7, 11) is 1.28. The summed E-state index contributed by atoms with van der Waals surface area (Å²) in [6.45, 7) is 7.92. The van der Waals surface area contributed by atoms with E-state index >= 15 is 0 Å². The molecule has 0 aromatic heterocycles. The molecule has 0 saturated carbocycles. The van der Waals surface area contributed by atoms with Crippen molar-refractivity contribution in [1.82, 2.24) is 9.80 Å². The number of hydrogen-bond donors (Lipinski definition) is 1. The monoisotopic (exact) mass is 501 g/mol. The number of ether oxygens (including phenoxy) is 2. The summed E-state index contributed by atoms with van der Waals surface area (Å²) in [5, 5.41) is 0. The van der Waals surface area contributed by atoms with Gasteiger partial charge in [0.15, 0.2) is 5.78 Å². The van der Waals surface area contributed by atoms with E-state index in [0.717, 1.165) is 25.7 Å². The zero-order valence-corrected chi connectivity index (χ0v) is 21.9. The summed E-state index contributed by atoms with van der Waals surface area (Å²) in [5.74, 6) is -0.432. The predicted octanol–water partition coefficient (Wildman–Crippen LogP) is 3.90. The molecule has 2 heterocycles. The van der Waals surface area contributed by atoms with Crippen LogP contribution in [0.2, 0.25) is 0 Å². The van der Waals surface area contributed by atoms with Crippen LogP contribution in [0.15, 0.2) is 18.2 Å². The lowest BCUT2D eigenvalue weighted by Gasteiger charge is -2.34. The molecule has 0 bridgehead atoms. The van der Waals surface area contributed by atoms with Gasteiger partial charge in [0.05, 0.1) is 12.7 Å². The normalized spacial score (nSPS) is 19.1. The highest BCUT2D eigenvalue weighted by atomic mass is 16.6. The third-order valence-corrected chi connectivity index (χ3v) is 6.92. The molecular formula is C27H39N3O6. The molecular weight excluding hydrogens is 462 g/mol. The van der Waals surface area contributed by atoms with Crippen LogP contribution < -0.4 is 5.73 Å². The largest absolute Gasteiger partial charge is 0.465 e. The Morgan fingerprint density at radius 2 is 1.72 bits per heavy atom. The number of piperidine rings is 2. The van der Waals surface area contributed by atoms with Gasteiger partial charge in [-0.3, -0.25) is 9.59 Å². The van der Waals surface area contributed by atoms with Gasteiger partial charge in [0.2, 0.25) is 5.91 Å². The third kappa shape index (κ3) is 7.21. The lowest BCUT2D eigenvalue weighted by atomic mass is 9.88. The van der Waals surface area contributed by atoms with Gasteiger partial charge in [0.1, 0.15) is 5.60 Å². The average molecular weight is 502 g/mol. The van der Waals surface area contributed by atoms with E-state index in [4.69, 9.17) is 15.2 Å². The van der Waals surface area contributed by atoms with Crippen LogP contribution in [0.25, 0.3) is 0 Å². The Hall–Kier alpha value is -3.10. The van der Waals surface area contributed by atoms with E-state index in [2.05, 4.69) is 0 Å². The number of benzene rings is 1. The minimum Gasteiger partial charge on any atom is -0.465 e. The van der Waals surface area contributed by atoms with Gasteiger partial charge in [-0.05, 0) is 70.9 Å². The molecule has 1 aromatic rings. The highest BCUT2D eigenvalue weighted by Crippen LogP contribution is 2.27. The summed E-state index contributed by atoms with van der Waals surface area (Å²) < 4.78 is 10.2. The van der Waals surface area contributed by atoms with Crippen molar-refractivity contribution in [2.45, 2.75) is 64.9 Å². The predicted molar refractivity (Wildman–Crippen MR) is 136 cm³/mol. The summed E-state index contributed by atoms with van der Waals surface area (Å²) in [6, 6.07) is 4.61. The fraction of sp³-hybridized carbons (Fsp3) is 0.630. The number of likely N-dealkylation sites (tertiary alicyclic amines) is 2. The maximum atomic E-state index is 13.1. The molecule has 198 valence electrons. The number of ketones is 1. The lowest BCUT2D eigenvalue weighted by Crippen LogP contribution is -2.43. The van der Waals surface area contributed by atoms with Crippen molar-refractivity contribution in [3.63, 3.8) is 0 Å². The molecule has 0 spiro atoms. The zero-order valence-electron chi connectivity index (χ0n) is 21.9. The minimum absolute atomic E-state index is 0.0647. The van der Waals surface area contributed by atoms with Crippen LogP contribution in [-0.4, -0.2) is 72.4 Å². The Morgan fingerprint density at radius 1 is 1.03 bits per heavy atom. The van der Waals surface area contributed by atoms with Crippen molar-refractivity contribution in [3.05, 3.63) is 29.3 Å². The molecule has 2 aliphatic heterocycles. The van der Waals surface area contributed by atoms with E-state index in [9.17, 15) is 19.2 Å². The molecule has 0 unspecified atom stereocenters. The number of Topliss-reactive ketones (excluding diaryl/α,β-unsaturated/α-hetero) is 1. The second kappa shape index (κ2) is 11.8. The van der Waals surface area contributed by atoms with Gasteiger partial charge in [-0.1, -0.05) is 6.07 Å². The zero-order chi connectivity index (χ0) is 26.5. The molecule has 0 aliphatic carbocycles. The lowest BCUT2D eigenvalue weighted by molar-refractivity contribution is -0.133. The SMILES string of the molecule is COC(=O)c1ccc(C(=O)[C@@H]2CCCN(C(=O)CCC3CCN(C(=O)OC(C)(C)C)CC3)C2)cc1N. The van der Waals surface area contributed by atoms with Crippen molar-refractivity contribution < 1.29 is 28.7 Å². The second-order valence-electron chi connectivity index (χ2n) is 10.8. The number of esters is 1. The Morgan fingerprint density at radius 3 is 2.33 bits per heavy atom. The van der Waals surface area contributed by atoms with Gasteiger partial charge < -0.3 is 25.0 Å². The van der Waals surface area contributed by atoms with E-state index < -0.39 is 11.6 Å². The van der Waals surface area contributed by atoms with Crippen LogP contribution in [0.3, 0.4) is 0 Å². The number of carbonyl (C=O) groups excluding carboxylic acids is 4. The van der Waals surface area contributed by atoms with Gasteiger partial charge in [-0.25, -0.2) is 9.59 Å². The fourth-order valence-corrected chi connectivity index (χ4v) is 4.88. The maximum absolute atomic E-state index is 13.1. The molecule has 9 heteroatoms. The van der Waals surface area contributed by atoms with E-state index in [-0.39, 0.29) is 35.0 Å². The molecule has 1 aromatic carbocycles. The summed E-state index contributed by atoms with van der Waals surface area (Å²) in [5.41, 5.74) is 6.32. The molecule has 0 radical (unpaired) electrons. The Labute approximate surface area is 213 Å². The number of carbonyl (C=O) groups is 4. The standard InChI is InChI=1S/C27H39N3O6/c1-27(2,3)36-26(34)29-14-11-18(12-15-29)7-10-23(31)30-13-5-6-20(17-30)24(32)19-8-9-21(22(28)16-19)25(33)35-4/h8-9,16,18,20H,5-7,10-15,17,28H2,1-4H3/t20-/m1/s1. The number of nitrogens with two attached hydrogens (primary N) is 1. The molecule has 1 atom stereocenters. The topological polar surface area (TPSA) is 119 Å². The summed E-state index contributed by atoms with van der Waals surface area (Å²) >= 11 is 0. The molecule has 2 N–H and O–H groups in total. The summed E-state index contributed by atoms with van der Waals surface area (Å²) in [6.07, 6.45) is 4.15. The number of anilines is 1. The van der Waals surface area contributed by atoms with Crippen LogP contribution in [0, 0.1) is 11.8 Å². The fourth-order valence-electron chi connectivity index (χ4n) is 4.88. The number of nitrogens with zero attached hydrogens (tertiary/aromatic N) is 2. The number of methoxy groups -OCH3 is 1. The highest BCUT2D eigenvalue weighted by Gasteiger charge is 2.31. The number of nitrogen functional groups attached to an aromatic ring is 1. The maximum Gasteiger partial charge on any atom is 0.410 e. The first-order valence-corrected chi connectivity index (χ1v) is 12.8. The Balaban J connectivity index is 1.47. The molecule has 9 nitrogen and oxygen atoms in total. The quantitative estimate of drug-likeness (QED) is 0.357. The van der Waals surface area contributed by atoms with Gasteiger partial charge in [0, 0.05) is 49.8 Å². The number of amides is 2. The van der Waals surface area contributed by atoms with E-state index in [0.29, 0.717) is 50.5 Å². The summed E-state index contributed by atoms with van der Waals surface area (Å²) in [4.78, 5) is 53.6. The smallest absolute Gasteiger partial charge is 0.410 e. The Kier molecular flexibility index (Phi) is 8.98. The van der Waals surface area contributed by atoms with Crippen LogP contribution in [0.4, 0.5) is 10.5 Å². The van der Waals surface area contributed by atoms with Gasteiger partial charge in [-0.2, -0.15) is 0 Å². The molecule has 3 rings (SSSR count). The van der Waals surface area contributed by atoms with Crippen molar-refractivity contribution in [2.75, 3.05) is 39.0 Å². The number of rotatable bonds is 6. The van der Waals surface area contributed by atoms with Crippen molar-refractivity contribution in [1.29, 1.82) is 0 Å². The van der Waals surface area contributed by atoms with Crippen molar-refractivity contribution in [2.24, 2.45) is 11.8 Å². The van der Waals surface area contributed by atoms with Crippen LogP contribution >= 0.6 is 0 Å². The number of hydrogen-bond acceptors (Lipinski definition) is 7. The van der Waals surface area contributed by atoms with Crippen LogP contribution in [0.1, 0.15) is 80.0 Å². The van der Waals surface area contributed by atoms with Gasteiger partial charge in [0.25, 0.3) is 0 Å². The van der Waals surface area contributed by atoms with Crippen molar-refractivity contribution >= 4 is 29.4 Å². The first kappa shape index (κ1) is 27.5. The molecule has 2 fully saturated rings. The second-order valence-corrected chi connectivity index (χ2v) is 10.8. The van der Waals surface area contributed by atoms with Crippen LogP contribution in [0.5, 0.6) is 0 Å². The molecule has 2 aliphatic rings. The van der Waals surface area contributed by atoms with Crippen LogP contribution in [-0.2, 0) is 14.3 Å². The molecule has 36 heavy (non-hydrogen) atoms. The molecule has 2 saturated heterocycles. The van der Waals surface area contributed by atoms with E-state index in [1.54, 1.807) is 15.9 Å². The first-order valence-electron chi connectivity index (χ1n) is 12.8. The minimum atomic E-state index is -0.545. The average Bonchev–Trinajstić information content (AvgIpc) is 2.85. The van der Waals surface area contributed by atoms with E-state index in [1.807, 2.05) is 20.8 Å². The first-order chi connectivity index (χ1) is 17.0. The van der Waals surface area contributed by atoms with E-state index in [1.165, 1.54) is 19.2 Å². The Bertz CT molecular complexity index is 978. The van der Waals surface area contributed by atoms with Crippen molar-refractivity contribution in [3.8, 4) is 0 Å². The van der Waals surface area contributed by atoms with Gasteiger partial charge >= 0.3 is 12.1 Å². The third-order valence-electron chi connectivity index (χ3n) is 6.92. The highest BCUT2D eigenvalue weighted by molar-refractivity contribution is 6.02. The van der Waals surface area contributed by atoms with Gasteiger partial charge in [-0.15, -0.1) is 0 Å².